The molecule has 2 heterocycles. The summed E-state index contributed by atoms with van der Waals surface area (Å²) >= 11 is 0. The zero-order valence-corrected chi connectivity index (χ0v) is 11.5. The van der Waals surface area contributed by atoms with Crippen LogP contribution in [0, 0.1) is 11.8 Å². The molecule has 0 bridgehead atoms. The van der Waals surface area contributed by atoms with Crippen molar-refractivity contribution in [1.29, 1.82) is 0 Å². The zero-order chi connectivity index (χ0) is 14.7. The molecule has 0 unspecified atom stereocenters. The molecule has 0 spiro atoms. The Hall–Kier alpha value is -2.58. The molecule has 0 fully saturated rings. The minimum atomic E-state index is -0.188. The number of aliphatic hydroxyl groups excluding tert-OH is 1. The summed E-state index contributed by atoms with van der Waals surface area (Å²) in [6.45, 7) is 1.78. The van der Waals surface area contributed by atoms with Crippen molar-refractivity contribution in [1.82, 2.24) is 14.5 Å². The summed E-state index contributed by atoms with van der Waals surface area (Å²) in [6.07, 6.45) is 3.69. The Morgan fingerprint density at radius 2 is 2.29 bits per heavy atom. The smallest absolute Gasteiger partial charge is 0.254 e. The number of aromatic nitrogens is 2. The standard InChI is InChI=1S/C16H15N3O2/c20-10-2-4-13-3-1-5-14(11-13)16(21)19-9-8-18-7-6-17-15(18)12-19/h1,3,5-7,11,20H,8-10,12H2. The van der Waals surface area contributed by atoms with Gasteiger partial charge in [0.1, 0.15) is 12.4 Å². The normalized spacial score (nSPS) is 13.3. The Morgan fingerprint density at radius 1 is 1.38 bits per heavy atom. The molecule has 0 saturated heterocycles. The molecule has 5 nitrogen and oxygen atoms in total. The van der Waals surface area contributed by atoms with E-state index in [1.807, 2.05) is 12.3 Å². The van der Waals surface area contributed by atoms with Crippen molar-refractivity contribution in [2.75, 3.05) is 13.2 Å². The number of hydrogen-bond donors (Lipinski definition) is 1. The molecule has 2 aromatic rings. The highest BCUT2D eigenvalue weighted by Gasteiger charge is 2.22. The van der Waals surface area contributed by atoms with Crippen LogP contribution in [0.2, 0.25) is 0 Å². The van der Waals surface area contributed by atoms with Crippen LogP contribution in [0.15, 0.2) is 36.7 Å². The third-order valence-corrected chi connectivity index (χ3v) is 3.45. The maximum atomic E-state index is 12.5. The summed E-state index contributed by atoms with van der Waals surface area (Å²) in [5.41, 5.74) is 1.34. The van der Waals surface area contributed by atoms with E-state index in [0.717, 1.165) is 17.9 Å². The Balaban J connectivity index is 1.80. The second kappa shape index (κ2) is 5.81. The third-order valence-electron chi connectivity index (χ3n) is 3.45. The van der Waals surface area contributed by atoms with Gasteiger partial charge in [-0.2, -0.15) is 0 Å². The molecular weight excluding hydrogens is 266 g/mol. The SMILES string of the molecule is O=C(c1cccc(C#CCO)c1)N1CCn2ccnc2C1. The van der Waals surface area contributed by atoms with Gasteiger partial charge in [-0.05, 0) is 18.2 Å². The molecule has 1 aliphatic rings. The minimum absolute atomic E-state index is 0.0168. The van der Waals surface area contributed by atoms with Gasteiger partial charge < -0.3 is 14.6 Å². The maximum Gasteiger partial charge on any atom is 0.254 e. The molecule has 21 heavy (non-hydrogen) atoms. The first kappa shape index (κ1) is 13.4. The summed E-state index contributed by atoms with van der Waals surface area (Å²) in [5.74, 6) is 6.30. The highest BCUT2D eigenvalue weighted by atomic mass is 16.2. The number of benzene rings is 1. The lowest BCUT2D eigenvalue weighted by atomic mass is 10.1. The van der Waals surface area contributed by atoms with Crippen molar-refractivity contribution < 1.29 is 9.90 Å². The first-order chi connectivity index (χ1) is 10.3. The van der Waals surface area contributed by atoms with E-state index in [1.165, 1.54) is 0 Å². The molecule has 1 aromatic heterocycles. The molecule has 0 aliphatic carbocycles. The van der Waals surface area contributed by atoms with E-state index in [0.29, 0.717) is 18.7 Å². The molecule has 0 saturated carbocycles. The predicted octanol–water partition coefficient (Wildman–Crippen LogP) is 0.883. The quantitative estimate of drug-likeness (QED) is 0.790. The maximum absolute atomic E-state index is 12.5. The topological polar surface area (TPSA) is 58.4 Å². The van der Waals surface area contributed by atoms with Gasteiger partial charge in [-0.15, -0.1) is 0 Å². The lowest BCUT2D eigenvalue weighted by Crippen LogP contribution is -2.38. The first-order valence-corrected chi connectivity index (χ1v) is 6.77. The van der Waals surface area contributed by atoms with Crippen molar-refractivity contribution in [3.05, 3.63) is 53.6 Å². The molecular formula is C16H15N3O2. The number of nitrogens with zero attached hydrogens (tertiary/aromatic N) is 3. The number of aliphatic hydroxyl groups is 1. The van der Waals surface area contributed by atoms with Crippen LogP contribution >= 0.6 is 0 Å². The summed E-state index contributed by atoms with van der Waals surface area (Å²) < 4.78 is 2.06. The van der Waals surface area contributed by atoms with E-state index >= 15 is 0 Å². The van der Waals surface area contributed by atoms with Crippen LogP contribution in [-0.2, 0) is 13.1 Å². The molecule has 0 atom stereocenters. The van der Waals surface area contributed by atoms with Crippen LogP contribution in [0.5, 0.6) is 0 Å². The Kier molecular flexibility index (Phi) is 3.71. The molecule has 1 N–H and O–H groups in total. The van der Waals surface area contributed by atoms with Gasteiger partial charge in [0.15, 0.2) is 0 Å². The number of imidazole rings is 1. The molecule has 5 heteroatoms. The van der Waals surface area contributed by atoms with Gasteiger partial charge in [0.2, 0.25) is 0 Å². The van der Waals surface area contributed by atoms with E-state index in [1.54, 1.807) is 29.3 Å². The van der Waals surface area contributed by atoms with E-state index < -0.39 is 0 Å². The predicted molar refractivity (Wildman–Crippen MR) is 77.4 cm³/mol. The number of fused-ring (bicyclic) bond motifs is 1. The van der Waals surface area contributed by atoms with Gasteiger partial charge in [0, 0.05) is 36.6 Å². The van der Waals surface area contributed by atoms with E-state index in [9.17, 15) is 4.79 Å². The van der Waals surface area contributed by atoms with Crippen LogP contribution in [0.25, 0.3) is 0 Å². The van der Waals surface area contributed by atoms with Gasteiger partial charge in [-0.3, -0.25) is 4.79 Å². The van der Waals surface area contributed by atoms with Gasteiger partial charge >= 0.3 is 0 Å². The van der Waals surface area contributed by atoms with Crippen molar-refractivity contribution >= 4 is 5.91 Å². The monoisotopic (exact) mass is 281 g/mol. The second-order valence-corrected chi connectivity index (χ2v) is 4.80. The average Bonchev–Trinajstić information content (AvgIpc) is 3.00. The second-order valence-electron chi connectivity index (χ2n) is 4.80. The number of carbonyl (C=O) groups is 1. The van der Waals surface area contributed by atoms with E-state index in [-0.39, 0.29) is 12.5 Å². The van der Waals surface area contributed by atoms with Gasteiger partial charge in [0.25, 0.3) is 5.91 Å². The van der Waals surface area contributed by atoms with Crippen LogP contribution in [0.3, 0.4) is 0 Å². The Morgan fingerprint density at radius 3 is 3.14 bits per heavy atom. The summed E-state index contributed by atoms with van der Waals surface area (Å²) in [4.78, 5) is 18.6. The number of rotatable bonds is 1. The summed E-state index contributed by atoms with van der Waals surface area (Å²) in [5, 5.41) is 8.72. The summed E-state index contributed by atoms with van der Waals surface area (Å²) in [7, 11) is 0. The highest BCUT2D eigenvalue weighted by molar-refractivity contribution is 5.94. The van der Waals surface area contributed by atoms with Crippen LogP contribution in [-0.4, -0.2) is 38.6 Å². The first-order valence-electron chi connectivity index (χ1n) is 6.77. The largest absolute Gasteiger partial charge is 0.384 e. The molecule has 1 amide bonds. The Bertz CT molecular complexity index is 724. The Labute approximate surface area is 122 Å². The molecule has 106 valence electrons. The third kappa shape index (κ3) is 2.81. The lowest BCUT2D eigenvalue weighted by molar-refractivity contribution is 0.0707. The van der Waals surface area contributed by atoms with Crippen LogP contribution in [0.1, 0.15) is 21.7 Å². The number of amides is 1. The van der Waals surface area contributed by atoms with Crippen molar-refractivity contribution in [3.63, 3.8) is 0 Å². The zero-order valence-electron chi connectivity index (χ0n) is 11.5. The van der Waals surface area contributed by atoms with Gasteiger partial charge in [0.05, 0.1) is 6.54 Å². The van der Waals surface area contributed by atoms with Crippen LogP contribution in [0.4, 0.5) is 0 Å². The fraction of sp³-hybridized carbons (Fsp3) is 0.250. The average molecular weight is 281 g/mol. The van der Waals surface area contributed by atoms with Crippen LogP contribution < -0.4 is 0 Å². The van der Waals surface area contributed by atoms with E-state index in [2.05, 4.69) is 21.4 Å². The molecule has 1 aliphatic heterocycles. The number of carbonyl (C=O) groups excluding carboxylic acids is 1. The highest BCUT2D eigenvalue weighted by Crippen LogP contribution is 2.14. The van der Waals surface area contributed by atoms with Crippen molar-refractivity contribution in [2.45, 2.75) is 13.1 Å². The summed E-state index contributed by atoms with van der Waals surface area (Å²) in [6, 6.07) is 7.17. The lowest BCUT2D eigenvalue weighted by Gasteiger charge is -2.27. The van der Waals surface area contributed by atoms with Gasteiger partial charge in [-0.25, -0.2) is 4.98 Å². The fourth-order valence-corrected chi connectivity index (χ4v) is 2.40. The molecule has 1 aromatic carbocycles. The van der Waals surface area contributed by atoms with E-state index in [4.69, 9.17) is 5.11 Å². The molecule has 0 radical (unpaired) electrons. The number of hydrogen-bond acceptors (Lipinski definition) is 3. The fourth-order valence-electron chi connectivity index (χ4n) is 2.40. The van der Waals surface area contributed by atoms with Gasteiger partial charge in [-0.1, -0.05) is 17.9 Å². The minimum Gasteiger partial charge on any atom is -0.384 e. The van der Waals surface area contributed by atoms with Crippen molar-refractivity contribution in [3.8, 4) is 11.8 Å². The molecule has 3 rings (SSSR count). The van der Waals surface area contributed by atoms with Crippen molar-refractivity contribution in [2.24, 2.45) is 0 Å².